The minimum atomic E-state index is -1.16. The van der Waals surface area contributed by atoms with Crippen molar-refractivity contribution in [3.05, 3.63) is 77.1 Å². The summed E-state index contributed by atoms with van der Waals surface area (Å²) in [5.41, 5.74) is -0.0749. The molecule has 0 spiro atoms. The van der Waals surface area contributed by atoms with Crippen LogP contribution in [0.1, 0.15) is 43.0 Å². The van der Waals surface area contributed by atoms with Gasteiger partial charge < -0.3 is 23.8 Å². The van der Waals surface area contributed by atoms with E-state index in [-0.39, 0.29) is 22.8 Å². The largest absolute Gasteiger partial charge is 0.478 e. The molecule has 0 atom stereocenters. The van der Waals surface area contributed by atoms with Gasteiger partial charge in [-0.25, -0.2) is 14.4 Å². The first kappa shape index (κ1) is 19.5. The zero-order valence-electron chi connectivity index (χ0n) is 14.5. The highest BCUT2D eigenvalue weighted by molar-refractivity contribution is 5.94. The van der Waals surface area contributed by atoms with Crippen LogP contribution < -0.4 is 4.74 Å². The lowest BCUT2D eigenvalue weighted by Crippen LogP contribution is -2.10. The molecule has 3 aromatic rings. The summed E-state index contributed by atoms with van der Waals surface area (Å²) in [7, 11) is 0. The Morgan fingerprint density at radius 3 is 1.78 bits per heavy atom. The fourth-order valence-corrected chi connectivity index (χ4v) is 1.98. The van der Waals surface area contributed by atoms with Gasteiger partial charge >= 0.3 is 17.9 Å². The molecular weight excluding hydrogens is 356 g/mol. The average molecular weight is 372 g/mol. The van der Waals surface area contributed by atoms with Crippen LogP contribution in [0.3, 0.4) is 0 Å². The maximum Gasteiger partial charge on any atom is 0.379 e. The third-order valence-electron chi connectivity index (χ3n) is 3.21. The van der Waals surface area contributed by atoms with Crippen molar-refractivity contribution in [1.82, 2.24) is 0 Å². The molecule has 0 aliphatic heterocycles. The van der Waals surface area contributed by atoms with E-state index in [0.717, 1.165) is 0 Å². The van der Waals surface area contributed by atoms with Crippen LogP contribution in [0.5, 0.6) is 5.75 Å². The molecule has 8 nitrogen and oxygen atoms in total. The molecule has 1 aromatic carbocycles. The summed E-state index contributed by atoms with van der Waals surface area (Å²) in [5.74, 6) is -1.70. The van der Waals surface area contributed by atoms with E-state index < -0.39 is 17.9 Å². The van der Waals surface area contributed by atoms with Crippen LogP contribution in [-0.2, 0) is 0 Å². The van der Waals surface area contributed by atoms with Gasteiger partial charge in [-0.05, 0) is 50.2 Å². The number of carboxylic acids is 2. The van der Waals surface area contributed by atoms with E-state index in [1.54, 1.807) is 38.1 Å². The first-order chi connectivity index (χ1) is 12.8. The normalized spacial score (nSPS) is 9.85. The highest BCUT2D eigenvalue weighted by atomic mass is 16.5. The maximum atomic E-state index is 11.7. The topological polar surface area (TPSA) is 127 Å². The van der Waals surface area contributed by atoms with Gasteiger partial charge in [-0.15, -0.1) is 0 Å². The van der Waals surface area contributed by atoms with Gasteiger partial charge in [0.25, 0.3) is 0 Å². The second-order valence-electron chi connectivity index (χ2n) is 5.32. The molecule has 0 aliphatic carbocycles. The number of ether oxygens (including phenoxy) is 1. The first-order valence-electron chi connectivity index (χ1n) is 7.68. The molecule has 2 heterocycles. The quantitative estimate of drug-likeness (QED) is 0.523. The zero-order chi connectivity index (χ0) is 20.0. The van der Waals surface area contributed by atoms with Gasteiger partial charge in [0.05, 0.1) is 0 Å². The molecule has 27 heavy (non-hydrogen) atoms. The Morgan fingerprint density at radius 1 is 0.778 bits per heavy atom. The van der Waals surface area contributed by atoms with Gasteiger partial charge in [0.1, 0.15) is 22.8 Å². The third kappa shape index (κ3) is 5.33. The smallest absolute Gasteiger partial charge is 0.379 e. The van der Waals surface area contributed by atoms with E-state index in [9.17, 15) is 14.4 Å². The second-order valence-corrected chi connectivity index (χ2v) is 5.32. The van der Waals surface area contributed by atoms with E-state index >= 15 is 0 Å². The third-order valence-corrected chi connectivity index (χ3v) is 3.21. The SMILES string of the molecule is Cc1ccc(C(=O)O)o1.Cc1ccc(C(=O)Oc2ccccc2C(=O)O)o1. The number of carbonyl (C=O) groups is 3. The zero-order valence-corrected chi connectivity index (χ0v) is 14.5. The van der Waals surface area contributed by atoms with Crippen molar-refractivity contribution in [3.8, 4) is 5.75 Å². The Balaban J connectivity index is 0.000000244. The number of esters is 1. The molecular formula is C19H16O8. The van der Waals surface area contributed by atoms with Crippen molar-refractivity contribution in [2.45, 2.75) is 13.8 Å². The molecule has 0 saturated carbocycles. The molecule has 0 radical (unpaired) electrons. The number of benzene rings is 1. The van der Waals surface area contributed by atoms with E-state index in [1.165, 1.54) is 24.3 Å². The number of hydrogen-bond acceptors (Lipinski definition) is 6. The highest BCUT2D eigenvalue weighted by Crippen LogP contribution is 2.19. The summed E-state index contributed by atoms with van der Waals surface area (Å²) in [6.45, 7) is 3.40. The standard InChI is InChI=1S/C13H10O5.C6H6O3/c1-8-6-7-11(17-8)13(16)18-10-5-3-2-4-9(10)12(14)15;1-4-2-3-5(9-4)6(7)8/h2-7H,1H3,(H,14,15);2-3H,1H3,(H,7,8). The van der Waals surface area contributed by atoms with E-state index in [1.807, 2.05) is 0 Å². The Hall–Kier alpha value is -3.81. The van der Waals surface area contributed by atoms with Crippen molar-refractivity contribution in [2.75, 3.05) is 0 Å². The Kier molecular flexibility index (Phi) is 6.16. The Bertz CT molecular complexity index is 964. The lowest BCUT2D eigenvalue weighted by molar-refractivity contribution is 0.0651. The van der Waals surface area contributed by atoms with Gasteiger partial charge in [0.2, 0.25) is 11.5 Å². The summed E-state index contributed by atoms with van der Waals surface area (Å²) < 4.78 is 14.8. The number of hydrogen-bond donors (Lipinski definition) is 2. The Morgan fingerprint density at radius 2 is 1.33 bits per heavy atom. The maximum absolute atomic E-state index is 11.7. The van der Waals surface area contributed by atoms with Gasteiger partial charge in [-0.1, -0.05) is 12.1 Å². The minimum Gasteiger partial charge on any atom is -0.478 e. The van der Waals surface area contributed by atoms with E-state index in [0.29, 0.717) is 11.5 Å². The predicted octanol–water partition coefficient (Wildman–Crippen LogP) is 3.79. The monoisotopic (exact) mass is 372 g/mol. The number of furan rings is 2. The van der Waals surface area contributed by atoms with Crippen LogP contribution >= 0.6 is 0 Å². The lowest BCUT2D eigenvalue weighted by Gasteiger charge is -2.05. The highest BCUT2D eigenvalue weighted by Gasteiger charge is 2.17. The van der Waals surface area contributed by atoms with Crippen molar-refractivity contribution >= 4 is 17.9 Å². The molecule has 0 amide bonds. The molecule has 3 rings (SSSR count). The van der Waals surface area contributed by atoms with Crippen LogP contribution in [0.25, 0.3) is 0 Å². The number of rotatable bonds is 4. The lowest BCUT2D eigenvalue weighted by atomic mass is 10.2. The molecule has 0 fully saturated rings. The molecule has 0 aliphatic rings. The van der Waals surface area contributed by atoms with Crippen LogP contribution in [0.2, 0.25) is 0 Å². The molecule has 8 heteroatoms. The van der Waals surface area contributed by atoms with Gasteiger partial charge in [-0.2, -0.15) is 0 Å². The van der Waals surface area contributed by atoms with Crippen LogP contribution in [0, 0.1) is 13.8 Å². The summed E-state index contributed by atoms with van der Waals surface area (Å²) >= 11 is 0. The van der Waals surface area contributed by atoms with Crippen molar-refractivity contribution in [2.24, 2.45) is 0 Å². The van der Waals surface area contributed by atoms with Crippen molar-refractivity contribution in [3.63, 3.8) is 0 Å². The van der Waals surface area contributed by atoms with Crippen molar-refractivity contribution < 1.29 is 38.2 Å². The summed E-state index contributed by atoms with van der Waals surface area (Å²) in [6, 6.07) is 12.1. The van der Waals surface area contributed by atoms with E-state index in [4.69, 9.17) is 23.8 Å². The van der Waals surface area contributed by atoms with Gasteiger partial charge in [0, 0.05) is 0 Å². The fourth-order valence-electron chi connectivity index (χ4n) is 1.98. The van der Waals surface area contributed by atoms with E-state index in [2.05, 4.69) is 0 Å². The van der Waals surface area contributed by atoms with Crippen LogP contribution in [0.4, 0.5) is 0 Å². The van der Waals surface area contributed by atoms with Crippen LogP contribution in [0.15, 0.2) is 57.4 Å². The molecule has 2 N–H and O–H groups in total. The second kappa shape index (κ2) is 8.52. The van der Waals surface area contributed by atoms with Crippen molar-refractivity contribution in [1.29, 1.82) is 0 Å². The molecule has 0 unspecified atom stereocenters. The molecule has 0 saturated heterocycles. The summed E-state index contributed by atoms with van der Waals surface area (Å²) in [4.78, 5) is 32.7. The van der Waals surface area contributed by atoms with Crippen LogP contribution in [-0.4, -0.2) is 28.1 Å². The number of carbonyl (C=O) groups excluding carboxylic acids is 1. The number of aromatic carboxylic acids is 2. The molecule has 0 bridgehead atoms. The number of carboxylic acid groups (broad SMARTS) is 2. The first-order valence-corrected chi connectivity index (χ1v) is 7.68. The molecule has 140 valence electrons. The van der Waals surface area contributed by atoms with Gasteiger partial charge in [-0.3, -0.25) is 0 Å². The fraction of sp³-hybridized carbons (Fsp3) is 0.105. The Labute approximate surface area is 153 Å². The summed E-state index contributed by atoms with van der Waals surface area (Å²) in [5, 5.41) is 17.2. The van der Waals surface area contributed by atoms with Gasteiger partial charge in [0.15, 0.2) is 0 Å². The summed E-state index contributed by atoms with van der Waals surface area (Å²) in [6.07, 6.45) is 0. The number of aryl methyl sites for hydroxylation is 2. The average Bonchev–Trinajstić information content (AvgIpc) is 3.24. The molecule has 2 aromatic heterocycles. The predicted molar refractivity (Wildman–Crippen MR) is 92.2 cm³/mol. The number of para-hydroxylation sites is 1. The minimum absolute atomic E-state index is 0.00694.